The third-order valence-corrected chi connectivity index (χ3v) is 3.48. The standard InChI is InChI=1S/C15H14N4O3/c1-9-5-3-4-6-11(9)14-16-15-18(8-13(21)22)10(2)7-12(20)19(15)17-14/h3-7H,8H2,1-2H3,(H,21,22). The fraction of sp³-hybridized carbons (Fsp3) is 0.200. The van der Waals surface area contributed by atoms with Gasteiger partial charge in [-0.2, -0.15) is 9.50 Å². The number of fused-ring (bicyclic) bond motifs is 1. The number of hydrogen-bond acceptors (Lipinski definition) is 4. The molecule has 0 saturated carbocycles. The largest absolute Gasteiger partial charge is 0.480 e. The minimum absolute atomic E-state index is 0.227. The molecule has 0 spiro atoms. The van der Waals surface area contributed by atoms with Crippen LogP contribution in [0.5, 0.6) is 0 Å². The summed E-state index contributed by atoms with van der Waals surface area (Å²) in [7, 11) is 0. The highest BCUT2D eigenvalue weighted by Gasteiger charge is 2.15. The van der Waals surface area contributed by atoms with Gasteiger partial charge in [-0.25, -0.2) is 0 Å². The van der Waals surface area contributed by atoms with Gasteiger partial charge >= 0.3 is 5.97 Å². The van der Waals surface area contributed by atoms with Gasteiger partial charge in [0.25, 0.3) is 5.56 Å². The molecule has 0 atom stereocenters. The molecule has 22 heavy (non-hydrogen) atoms. The Bertz CT molecular complexity index is 940. The molecule has 0 aliphatic carbocycles. The van der Waals surface area contributed by atoms with E-state index in [-0.39, 0.29) is 17.9 Å². The molecular weight excluding hydrogens is 284 g/mol. The van der Waals surface area contributed by atoms with E-state index < -0.39 is 5.97 Å². The fourth-order valence-corrected chi connectivity index (χ4v) is 2.37. The third kappa shape index (κ3) is 2.26. The van der Waals surface area contributed by atoms with Crippen LogP contribution >= 0.6 is 0 Å². The van der Waals surface area contributed by atoms with Crippen LogP contribution in [0.2, 0.25) is 0 Å². The van der Waals surface area contributed by atoms with Gasteiger partial charge in [-0.3, -0.25) is 9.59 Å². The lowest BCUT2D eigenvalue weighted by Gasteiger charge is -2.07. The van der Waals surface area contributed by atoms with Crippen LogP contribution in [0.25, 0.3) is 17.2 Å². The Hall–Kier alpha value is -2.96. The van der Waals surface area contributed by atoms with Crippen molar-refractivity contribution in [2.75, 3.05) is 0 Å². The number of hydrogen-bond donors (Lipinski definition) is 1. The minimum Gasteiger partial charge on any atom is -0.480 e. The normalized spacial score (nSPS) is 11.0. The number of aryl methyl sites for hydroxylation is 2. The zero-order valence-electron chi connectivity index (χ0n) is 12.1. The Morgan fingerprint density at radius 3 is 2.68 bits per heavy atom. The molecule has 1 aromatic carbocycles. The number of carboxylic acid groups (broad SMARTS) is 1. The van der Waals surface area contributed by atoms with E-state index in [0.717, 1.165) is 15.6 Å². The molecule has 7 nitrogen and oxygen atoms in total. The van der Waals surface area contributed by atoms with Crippen molar-refractivity contribution in [2.24, 2.45) is 0 Å². The number of benzene rings is 1. The highest BCUT2D eigenvalue weighted by molar-refractivity contribution is 5.68. The van der Waals surface area contributed by atoms with Crippen molar-refractivity contribution in [1.82, 2.24) is 19.2 Å². The first kappa shape index (κ1) is 14.0. The third-order valence-electron chi connectivity index (χ3n) is 3.48. The molecule has 2 aromatic heterocycles. The van der Waals surface area contributed by atoms with Gasteiger partial charge in [0.2, 0.25) is 5.78 Å². The summed E-state index contributed by atoms with van der Waals surface area (Å²) in [6.07, 6.45) is 0. The second kappa shape index (κ2) is 5.10. The molecule has 0 unspecified atom stereocenters. The van der Waals surface area contributed by atoms with Gasteiger partial charge < -0.3 is 9.67 Å². The Labute approximate surface area is 125 Å². The first-order valence-corrected chi connectivity index (χ1v) is 6.72. The second-order valence-corrected chi connectivity index (χ2v) is 5.07. The van der Waals surface area contributed by atoms with Crippen LogP contribution < -0.4 is 5.56 Å². The summed E-state index contributed by atoms with van der Waals surface area (Å²) in [6.45, 7) is 3.32. The van der Waals surface area contributed by atoms with Crippen LogP contribution in [0.4, 0.5) is 0 Å². The summed E-state index contributed by atoms with van der Waals surface area (Å²) in [5.41, 5.74) is 1.99. The van der Waals surface area contributed by atoms with Crippen LogP contribution in [-0.4, -0.2) is 30.2 Å². The molecular formula is C15H14N4O3. The molecule has 0 amide bonds. The first-order valence-electron chi connectivity index (χ1n) is 6.72. The van der Waals surface area contributed by atoms with Gasteiger partial charge in [0.05, 0.1) is 0 Å². The fourth-order valence-electron chi connectivity index (χ4n) is 2.37. The zero-order valence-corrected chi connectivity index (χ0v) is 12.1. The van der Waals surface area contributed by atoms with E-state index in [1.807, 2.05) is 31.2 Å². The molecule has 0 aliphatic rings. The van der Waals surface area contributed by atoms with Gasteiger partial charge in [-0.1, -0.05) is 24.3 Å². The van der Waals surface area contributed by atoms with Gasteiger partial charge in [0, 0.05) is 17.3 Å². The highest BCUT2D eigenvalue weighted by atomic mass is 16.4. The second-order valence-electron chi connectivity index (χ2n) is 5.07. The van der Waals surface area contributed by atoms with Crippen molar-refractivity contribution in [3.8, 4) is 11.4 Å². The summed E-state index contributed by atoms with van der Waals surface area (Å²) < 4.78 is 2.59. The maximum absolute atomic E-state index is 12.1. The summed E-state index contributed by atoms with van der Waals surface area (Å²) in [5, 5.41) is 13.3. The maximum atomic E-state index is 12.1. The van der Waals surface area contributed by atoms with Gasteiger partial charge in [0.15, 0.2) is 5.82 Å². The van der Waals surface area contributed by atoms with Crippen molar-refractivity contribution in [2.45, 2.75) is 20.4 Å². The van der Waals surface area contributed by atoms with E-state index >= 15 is 0 Å². The molecule has 0 radical (unpaired) electrons. The monoisotopic (exact) mass is 298 g/mol. The minimum atomic E-state index is -1.01. The lowest BCUT2D eigenvalue weighted by atomic mass is 10.1. The van der Waals surface area contributed by atoms with Crippen molar-refractivity contribution in [1.29, 1.82) is 0 Å². The molecule has 3 aromatic rings. The number of nitrogens with zero attached hydrogens (tertiary/aromatic N) is 4. The number of rotatable bonds is 3. The summed E-state index contributed by atoms with van der Waals surface area (Å²) >= 11 is 0. The topological polar surface area (TPSA) is 89.5 Å². The van der Waals surface area contributed by atoms with E-state index in [2.05, 4.69) is 10.1 Å². The molecule has 112 valence electrons. The van der Waals surface area contributed by atoms with E-state index in [0.29, 0.717) is 11.5 Å². The highest BCUT2D eigenvalue weighted by Crippen LogP contribution is 2.20. The molecule has 0 fully saturated rings. The number of aromatic nitrogens is 4. The summed E-state index contributed by atoms with van der Waals surface area (Å²) in [4.78, 5) is 27.5. The van der Waals surface area contributed by atoms with Gasteiger partial charge in [0.1, 0.15) is 6.54 Å². The summed E-state index contributed by atoms with van der Waals surface area (Å²) in [6, 6.07) is 8.91. The Morgan fingerprint density at radius 2 is 2.00 bits per heavy atom. The summed E-state index contributed by atoms with van der Waals surface area (Å²) in [5.74, 6) is -0.375. The Balaban J connectivity index is 2.29. The van der Waals surface area contributed by atoms with Crippen LogP contribution in [0.3, 0.4) is 0 Å². The van der Waals surface area contributed by atoms with E-state index in [1.165, 1.54) is 10.6 Å². The lowest BCUT2D eigenvalue weighted by Crippen LogP contribution is -2.22. The number of carboxylic acids is 1. The molecule has 3 rings (SSSR count). The molecule has 0 aliphatic heterocycles. The average molecular weight is 298 g/mol. The van der Waals surface area contributed by atoms with E-state index in [4.69, 9.17) is 5.11 Å². The van der Waals surface area contributed by atoms with Crippen molar-refractivity contribution >= 4 is 11.7 Å². The zero-order chi connectivity index (χ0) is 15.9. The molecule has 0 bridgehead atoms. The number of carbonyl (C=O) groups is 1. The van der Waals surface area contributed by atoms with Crippen LogP contribution in [0.1, 0.15) is 11.3 Å². The molecule has 1 N–H and O–H groups in total. The Kier molecular flexibility index (Phi) is 3.25. The van der Waals surface area contributed by atoms with Crippen LogP contribution in [0, 0.1) is 13.8 Å². The molecule has 7 heteroatoms. The van der Waals surface area contributed by atoms with Gasteiger partial charge in [-0.15, -0.1) is 5.10 Å². The van der Waals surface area contributed by atoms with Crippen LogP contribution in [-0.2, 0) is 11.3 Å². The van der Waals surface area contributed by atoms with Crippen LogP contribution in [0.15, 0.2) is 35.1 Å². The smallest absolute Gasteiger partial charge is 0.323 e. The van der Waals surface area contributed by atoms with Crippen molar-refractivity contribution in [3.05, 3.63) is 51.9 Å². The maximum Gasteiger partial charge on any atom is 0.323 e. The number of aliphatic carboxylic acids is 1. The lowest BCUT2D eigenvalue weighted by molar-refractivity contribution is -0.137. The van der Waals surface area contributed by atoms with E-state index in [1.54, 1.807) is 6.92 Å². The Morgan fingerprint density at radius 1 is 1.27 bits per heavy atom. The quantitative estimate of drug-likeness (QED) is 0.786. The molecule has 2 heterocycles. The van der Waals surface area contributed by atoms with Crippen molar-refractivity contribution < 1.29 is 9.90 Å². The predicted molar refractivity (Wildman–Crippen MR) is 79.8 cm³/mol. The predicted octanol–water partition coefficient (Wildman–Crippen LogP) is 1.26. The SMILES string of the molecule is Cc1ccccc1-c1nc2n(CC(=O)O)c(C)cc(=O)n2n1. The van der Waals surface area contributed by atoms with Gasteiger partial charge in [-0.05, 0) is 19.4 Å². The average Bonchev–Trinajstić information content (AvgIpc) is 2.89. The van der Waals surface area contributed by atoms with Crippen molar-refractivity contribution in [3.63, 3.8) is 0 Å². The van der Waals surface area contributed by atoms with E-state index in [9.17, 15) is 9.59 Å². The molecule has 0 saturated heterocycles. The first-order chi connectivity index (χ1) is 10.5.